The van der Waals surface area contributed by atoms with Crippen molar-refractivity contribution < 1.29 is 4.21 Å². The molecule has 0 N–H and O–H groups in total. The number of nitrogens with zero attached hydrogens (tertiary/aromatic N) is 2. The van der Waals surface area contributed by atoms with Gasteiger partial charge in [-0.1, -0.05) is 6.07 Å². The van der Waals surface area contributed by atoms with E-state index in [0.717, 1.165) is 0 Å². The first-order valence-electron chi connectivity index (χ1n) is 2.38. The monoisotopic (exact) mass is 141 g/mol. The molecule has 4 heteroatoms. The summed E-state index contributed by atoms with van der Waals surface area (Å²) >= 11 is -0.243. The van der Waals surface area contributed by atoms with Crippen molar-refractivity contribution in [2.75, 3.05) is 0 Å². The average molecular weight is 141 g/mol. The van der Waals surface area contributed by atoms with Crippen molar-refractivity contribution >= 4 is 17.3 Å². The molecule has 0 aromatic carbocycles. The van der Waals surface area contributed by atoms with Gasteiger partial charge in [0.25, 0.3) is 0 Å². The van der Waals surface area contributed by atoms with E-state index in [1.54, 1.807) is 24.4 Å². The predicted molar refractivity (Wildman–Crippen MR) is 35.8 cm³/mol. The molecule has 1 aromatic rings. The van der Waals surface area contributed by atoms with Crippen LogP contribution in [-0.2, 0) is 15.7 Å². The Bertz CT molecular complexity index is 230. The number of hydrogen-bond donors (Lipinski definition) is 0. The van der Waals surface area contributed by atoms with Crippen molar-refractivity contribution in [3.63, 3.8) is 0 Å². The molecule has 3 nitrogen and oxygen atoms in total. The van der Waals surface area contributed by atoms with Gasteiger partial charge >= 0.3 is 0 Å². The van der Waals surface area contributed by atoms with Crippen LogP contribution in [0.4, 0.5) is 5.82 Å². The van der Waals surface area contributed by atoms with Crippen molar-refractivity contribution in [2.24, 2.45) is 4.36 Å². The molecule has 1 rings (SSSR count). The lowest BCUT2D eigenvalue weighted by molar-refractivity contribution is 0.609. The van der Waals surface area contributed by atoms with E-state index in [2.05, 4.69) is 9.35 Å². The minimum absolute atomic E-state index is 0.243. The summed E-state index contributed by atoms with van der Waals surface area (Å²) in [6.45, 7) is 0. The van der Waals surface area contributed by atoms with Gasteiger partial charge in [0.15, 0.2) is 0 Å². The zero-order valence-corrected chi connectivity index (χ0v) is 5.45. The zero-order valence-electron chi connectivity index (χ0n) is 4.56. The summed E-state index contributed by atoms with van der Waals surface area (Å²) in [5.41, 5.74) is 0. The normalized spacial score (nSPS) is 8.89. The van der Waals surface area contributed by atoms with Crippen molar-refractivity contribution in [3.8, 4) is 0 Å². The Morgan fingerprint density at radius 2 is 2.44 bits per heavy atom. The molecule has 0 bridgehead atoms. The Balaban J connectivity index is 2.97. The van der Waals surface area contributed by atoms with E-state index in [0.29, 0.717) is 5.82 Å². The second-order valence-electron chi connectivity index (χ2n) is 1.37. The standard InChI is InChI=1S/C5H5N2OS/c8-9-7-5-3-1-2-4-6-5/h1-4,9H/q-1. The van der Waals surface area contributed by atoms with E-state index in [4.69, 9.17) is 0 Å². The van der Waals surface area contributed by atoms with Crippen molar-refractivity contribution in [1.29, 1.82) is 0 Å². The molecule has 48 valence electrons. The SMILES string of the molecule is O=[SH-]=Nc1ccccn1. The van der Waals surface area contributed by atoms with E-state index >= 15 is 0 Å². The molecule has 0 amide bonds. The number of aromatic nitrogens is 1. The van der Waals surface area contributed by atoms with Crippen molar-refractivity contribution in [2.45, 2.75) is 0 Å². The summed E-state index contributed by atoms with van der Waals surface area (Å²) in [6, 6.07) is 5.25. The Kier molecular flexibility index (Phi) is 2.21. The van der Waals surface area contributed by atoms with Crippen molar-refractivity contribution in [1.82, 2.24) is 4.98 Å². The third-order valence-corrected chi connectivity index (χ3v) is 1.08. The molecule has 0 saturated heterocycles. The maximum atomic E-state index is 9.86. The fraction of sp³-hybridized carbons (Fsp3) is 0. The Morgan fingerprint density at radius 1 is 1.56 bits per heavy atom. The predicted octanol–water partition coefficient (Wildman–Crippen LogP) is 1.06. The highest BCUT2D eigenvalue weighted by Gasteiger charge is 1.76. The van der Waals surface area contributed by atoms with Gasteiger partial charge in [-0.25, -0.2) is 4.98 Å². The molecule has 0 spiro atoms. The lowest BCUT2D eigenvalue weighted by Gasteiger charge is -1.88. The highest BCUT2D eigenvalue weighted by molar-refractivity contribution is 7.54. The molecule has 0 aliphatic heterocycles. The third-order valence-electron chi connectivity index (χ3n) is 0.793. The first kappa shape index (κ1) is 6.22. The lowest BCUT2D eigenvalue weighted by atomic mass is 10.5. The number of rotatable bonds is 1. The van der Waals surface area contributed by atoms with Gasteiger partial charge < -0.3 is 8.57 Å². The maximum Gasteiger partial charge on any atom is 0.128 e. The van der Waals surface area contributed by atoms with Gasteiger partial charge in [-0.2, -0.15) is 11.5 Å². The van der Waals surface area contributed by atoms with Crippen LogP contribution < -0.4 is 0 Å². The number of pyridine rings is 1. The molecule has 0 aliphatic rings. The highest BCUT2D eigenvalue weighted by Crippen LogP contribution is 2.02. The van der Waals surface area contributed by atoms with Crippen LogP contribution in [0.5, 0.6) is 0 Å². The van der Waals surface area contributed by atoms with E-state index in [-0.39, 0.29) is 11.5 Å². The van der Waals surface area contributed by atoms with Crippen LogP contribution in [-0.4, -0.2) is 4.98 Å². The fourth-order valence-corrected chi connectivity index (χ4v) is 0.657. The van der Waals surface area contributed by atoms with Crippen LogP contribution >= 0.6 is 0 Å². The molecule has 0 aliphatic carbocycles. The highest BCUT2D eigenvalue weighted by atomic mass is 32.1. The molecule has 9 heavy (non-hydrogen) atoms. The summed E-state index contributed by atoms with van der Waals surface area (Å²) in [5, 5.41) is 0. The Hall–Kier alpha value is -0.900. The van der Waals surface area contributed by atoms with Gasteiger partial charge in [-0.3, -0.25) is 0 Å². The van der Waals surface area contributed by atoms with Crippen LogP contribution in [0.1, 0.15) is 0 Å². The zero-order chi connectivity index (χ0) is 6.53. The maximum absolute atomic E-state index is 9.86. The average Bonchev–Trinajstić information content (AvgIpc) is 1.91. The van der Waals surface area contributed by atoms with Crippen LogP contribution in [0.3, 0.4) is 0 Å². The van der Waals surface area contributed by atoms with E-state index in [1.165, 1.54) is 0 Å². The smallest absolute Gasteiger partial charge is 0.128 e. The molecule has 0 fully saturated rings. The number of thiol groups is 1. The lowest BCUT2D eigenvalue weighted by Crippen LogP contribution is -1.66. The molecule has 1 heterocycles. The van der Waals surface area contributed by atoms with E-state index in [1.807, 2.05) is 0 Å². The van der Waals surface area contributed by atoms with Gasteiger partial charge in [-0.05, 0) is 12.1 Å². The van der Waals surface area contributed by atoms with Gasteiger partial charge in [0.2, 0.25) is 0 Å². The van der Waals surface area contributed by atoms with Gasteiger partial charge in [0.1, 0.15) is 5.82 Å². The first-order chi connectivity index (χ1) is 4.43. The number of hydrogen-bond acceptors (Lipinski definition) is 4. The molecule has 0 unspecified atom stereocenters. The Morgan fingerprint density at radius 3 is 3.00 bits per heavy atom. The Labute approximate surface area is 56.0 Å². The minimum atomic E-state index is -0.243. The summed E-state index contributed by atoms with van der Waals surface area (Å²) in [6.07, 6.45) is 1.60. The van der Waals surface area contributed by atoms with Crippen LogP contribution in [0.25, 0.3) is 0 Å². The first-order valence-corrected chi connectivity index (χ1v) is 3.14. The van der Waals surface area contributed by atoms with Crippen molar-refractivity contribution in [3.05, 3.63) is 24.4 Å². The van der Waals surface area contributed by atoms with Crippen LogP contribution in [0, 0.1) is 0 Å². The molecule has 0 radical (unpaired) electrons. The molecular weight excluding hydrogens is 136 g/mol. The quantitative estimate of drug-likeness (QED) is 0.433. The minimum Gasteiger partial charge on any atom is -0.447 e. The van der Waals surface area contributed by atoms with Crippen LogP contribution in [0.2, 0.25) is 0 Å². The van der Waals surface area contributed by atoms with Gasteiger partial charge in [0.05, 0.1) is 0 Å². The summed E-state index contributed by atoms with van der Waals surface area (Å²) in [5.74, 6) is 0.495. The third kappa shape index (κ3) is 1.81. The summed E-state index contributed by atoms with van der Waals surface area (Å²) < 4.78 is 13.4. The summed E-state index contributed by atoms with van der Waals surface area (Å²) in [7, 11) is 0. The van der Waals surface area contributed by atoms with E-state index in [9.17, 15) is 4.21 Å². The molecular formula is C5H5N2OS-. The molecule has 0 saturated carbocycles. The van der Waals surface area contributed by atoms with Gasteiger partial charge in [-0.15, -0.1) is 0 Å². The topological polar surface area (TPSA) is 42.3 Å². The van der Waals surface area contributed by atoms with Crippen LogP contribution in [0.15, 0.2) is 28.8 Å². The largest absolute Gasteiger partial charge is 0.447 e. The van der Waals surface area contributed by atoms with Gasteiger partial charge in [0, 0.05) is 6.20 Å². The fourth-order valence-electron chi connectivity index (χ4n) is 0.455. The second kappa shape index (κ2) is 3.19. The second-order valence-corrected chi connectivity index (χ2v) is 1.73. The summed E-state index contributed by atoms with van der Waals surface area (Å²) in [4.78, 5) is 3.79. The molecule has 0 atom stereocenters. The molecule has 1 aromatic heterocycles. The van der Waals surface area contributed by atoms with E-state index < -0.39 is 0 Å².